The Hall–Kier alpha value is 0.840. The summed E-state index contributed by atoms with van der Waals surface area (Å²) in [5.41, 5.74) is 2.79. The Morgan fingerprint density at radius 3 is 2.11 bits per heavy atom. The van der Waals surface area contributed by atoms with Crippen LogP contribution in [0.25, 0.3) is 0 Å². The molecule has 0 spiro atoms. The van der Waals surface area contributed by atoms with Crippen LogP contribution in [0.2, 0.25) is 0 Å². The van der Waals surface area contributed by atoms with Crippen molar-refractivity contribution in [2.24, 2.45) is 0 Å². The van der Waals surface area contributed by atoms with E-state index in [0.717, 1.165) is 40.3 Å². The monoisotopic (exact) mass is 620 g/mol. The van der Waals surface area contributed by atoms with E-state index in [-0.39, 0.29) is 10.2 Å². The zero-order valence-corrected chi connectivity index (χ0v) is 26.3. The first-order chi connectivity index (χ1) is 17.0. The molecule has 0 bridgehead atoms. The third kappa shape index (κ3) is 11.2. The fourth-order valence-electron chi connectivity index (χ4n) is 3.27. The average molecular weight is 621 g/mol. The predicted molar refractivity (Wildman–Crippen MR) is 174 cm³/mol. The highest BCUT2D eigenvalue weighted by atomic mass is 32.2. The molecule has 2 nitrogen and oxygen atoms in total. The van der Waals surface area contributed by atoms with E-state index in [0.29, 0.717) is 24.9 Å². The summed E-state index contributed by atoms with van der Waals surface area (Å²) in [6.07, 6.45) is 2.83. The molecule has 0 aliphatic carbocycles. The zero-order chi connectivity index (χ0) is 25.0. The molecule has 3 rings (SSSR count). The second kappa shape index (κ2) is 16.7. The van der Waals surface area contributed by atoms with Gasteiger partial charge >= 0.3 is 0 Å². The van der Waals surface area contributed by atoms with Crippen molar-refractivity contribution in [1.29, 1.82) is 0 Å². The minimum absolute atomic E-state index is 0.0844. The lowest BCUT2D eigenvalue weighted by molar-refractivity contribution is -0.107. The Labute approximate surface area is 244 Å². The summed E-state index contributed by atoms with van der Waals surface area (Å²) in [6, 6.07) is 9.14. The molecule has 2 fully saturated rings. The average Bonchev–Trinajstić information content (AvgIpc) is 3.55. The van der Waals surface area contributed by atoms with Crippen LogP contribution in [-0.2, 0) is 21.1 Å². The normalized spacial score (nSPS) is 24.8. The highest BCUT2D eigenvalue weighted by molar-refractivity contribution is 8.23. The quantitative estimate of drug-likeness (QED) is 0.192. The molecule has 1 aromatic carbocycles. The van der Waals surface area contributed by atoms with Crippen molar-refractivity contribution >= 4 is 104 Å². The molecular formula is C25H32O2S8. The predicted octanol–water partition coefficient (Wildman–Crippen LogP) is 7.78. The summed E-state index contributed by atoms with van der Waals surface area (Å²) in [5, 5.41) is 1.89. The fraction of sp³-hybridized carbons (Fsp3) is 0.520. The summed E-state index contributed by atoms with van der Waals surface area (Å²) in [6.45, 7) is 9.43. The van der Waals surface area contributed by atoms with E-state index in [1.807, 2.05) is 70.6 Å². The van der Waals surface area contributed by atoms with E-state index < -0.39 is 0 Å². The molecule has 2 heterocycles. The maximum absolute atomic E-state index is 11.5. The Balaban J connectivity index is 1.29. The Morgan fingerprint density at radius 2 is 1.49 bits per heavy atom. The van der Waals surface area contributed by atoms with Gasteiger partial charge in [0.2, 0.25) is 10.2 Å². The highest BCUT2D eigenvalue weighted by Crippen LogP contribution is 2.45. The first-order valence-electron chi connectivity index (χ1n) is 11.4. The van der Waals surface area contributed by atoms with Gasteiger partial charge in [0.05, 0.1) is 9.16 Å². The van der Waals surface area contributed by atoms with E-state index in [1.165, 1.54) is 46.8 Å². The van der Waals surface area contributed by atoms with Crippen LogP contribution in [0.1, 0.15) is 18.1 Å². The van der Waals surface area contributed by atoms with Crippen molar-refractivity contribution in [2.75, 3.05) is 28.8 Å². The van der Waals surface area contributed by atoms with Crippen LogP contribution in [0.4, 0.5) is 0 Å². The molecule has 0 N–H and O–H groups in total. The smallest absolute Gasteiger partial charge is 0.211 e. The topological polar surface area (TPSA) is 34.1 Å². The van der Waals surface area contributed by atoms with E-state index in [1.54, 1.807) is 0 Å². The zero-order valence-electron chi connectivity index (χ0n) is 19.8. The lowest BCUT2D eigenvalue weighted by Crippen LogP contribution is -2.12. The molecule has 0 saturated carbocycles. The number of benzene rings is 1. The molecule has 1 aromatic rings. The number of rotatable bonds is 14. The molecule has 2 saturated heterocycles. The Bertz CT molecular complexity index is 846. The van der Waals surface area contributed by atoms with Crippen LogP contribution in [0.5, 0.6) is 0 Å². The van der Waals surface area contributed by atoms with Crippen molar-refractivity contribution in [3.05, 3.63) is 60.7 Å². The molecule has 35 heavy (non-hydrogen) atoms. The molecule has 5 unspecified atom stereocenters. The van der Waals surface area contributed by atoms with Crippen LogP contribution in [-0.4, -0.2) is 63.9 Å². The summed E-state index contributed by atoms with van der Waals surface area (Å²) in [5.74, 6) is 7.32. The summed E-state index contributed by atoms with van der Waals surface area (Å²) in [7, 11) is 0. The Morgan fingerprint density at radius 1 is 0.914 bits per heavy atom. The van der Waals surface area contributed by atoms with Crippen LogP contribution in [0.15, 0.2) is 49.6 Å². The van der Waals surface area contributed by atoms with Crippen LogP contribution in [0, 0.1) is 0 Å². The molecule has 0 radical (unpaired) electrons. The molecule has 2 aliphatic rings. The third-order valence-electron chi connectivity index (χ3n) is 5.18. The van der Waals surface area contributed by atoms with Gasteiger partial charge in [0.25, 0.3) is 0 Å². The van der Waals surface area contributed by atoms with Gasteiger partial charge in [0.1, 0.15) is 0 Å². The Kier molecular flexibility index (Phi) is 14.5. The largest absolute Gasteiger partial charge is 0.282 e. The first-order valence-corrected chi connectivity index (χ1v) is 19.5. The van der Waals surface area contributed by atoms with Gasteiger partial charge < -0.3 is 0 Å². The fourth-order valence-corrected chi connectivity index (χ4v) is 15.0. The van der Waals surface area contributed by atoms with E-state index >= 15 is 0 Å². The molecule has 0 aromatic heterocycles. The minimum Gasteiger partial charge on any atom is -0.282 e. The van der Waals surface area contributed by atoms with Gasteiger partial charge in [-0.3, -0.25) is 9.59 Å². The number of thioether (sulfide) groups is 8. The summed E-state index contributed by atoms with van der Waals surface area (Å²) in [4.78, 5) is 22.9. The van der Waals surface area contributed by atoms with E-state index in [9.17, 15) is 9.59 Å². The highest BCUT2D eigenvalue weighted by Gasteiger charge is 2.30. The van der Waals surface area contributed by atoms with Gasteiger partial charge in [0.15, 0.2) is 0 Å². The minimum atomic E-state index is 0.0844. The van der Waals surface area contributed by atoms with Gasteiger partial charge in [-0.25, -0.2) is 0 Å². The maximum atomic E-state index is 11.5. The van der Waals surface area contributed by atoms with Crippen molar-refractivity contribution in [2.45, 2.75) is 43.3 Å². The standard InChI is InChI=1S/C25H32O2S8/c1-4-22(26)30-12-20-14-32-24(34-20)16-28-10-18-6-8-19(9-7-18)11-29-17(3)25-33-15-21(35-25)13-31-23(27)5-2/h4-9,17,20-21,24-25H,1-2,10-16H2,3H3. The molecular weight excluding hydrogens is 589 g/mol. The van der Waals surface area contributed by atoms with Crippen molar-refractivity contribution in [3.63, 3.8) is 0 Å². The number of carbonyl (C=O) groups is 2. The van der Waals surface area contributed by atoms with Crippen molar-refractivity contribution < 1.29 is 9.59 Å². The van der Waals surface area contributed by atoms with Crippen molar-refractivity contribution in [3.8, 4) is 0 Å². The van der Waals surface area contributed by atoms with Gasteiger partial charge in [-0.05, 0) is 23.3 Å². The van der Waals surface area contributed by atoms with Gasteiger partial charge in [0, 0.05) is 56.0 Å². The first kappa shape index (κ1) is 30.4. The summed E-state index contributed by atoms with van der Waals surface area (Å²) >= 11 is 15.0. The number of hydrogen-bond acceptors (Lipinski definition) is 10. The van der Waals surface area contributed by atoms with Gasteiger partial charge in [-0.1, -0.05) is 67.9 Å². The van der Waals surface area contributed by atoms with Gasteiger partial charge in [-0.15, -0.1) is 47.0 Å². The second-order valence-electron chi connectivity index (χ2n) is 8.00. The lowest BCUT2D eigenvalue weighted by Gasteiger charge is -2.18. The molecule has 10 heteroatoms. The van der Waals surface area contributed by atoms with Crippen LogP contribution >= 0.6 is 94.1 Å². The SMILES string of the molecule is C=CC(=O)SCC1CSC(CSCc2ccc(CSC(C)C3SCC(CSC(=O)C=C)S3)cc2)S1. The van der Waals surface area contributed by atoms with Crippen LogP contribution < -0.4 is 0 Å². The molecule has 192 valence electrons. The van der Waals surface area contributed by atoms with Gasteiger partial charge in [-0.2, -0.15) is 23.5 Å². The second-order valence-corrected chi connectivity index (χ2v) is 18.4. The van der Waals surface area contributed by atoms with Crippen LogP contribution in [0.3, 0.4) is 0 Å². The van der Waals surface area contributed by atoms with E-state index in [4.69, 9.17) is 0 Å². The number of hydrogen-bond donors (Lipinski definition) is 0. The molecule has 2 aliphatic heterocycles. The van der Waals surface area contributed by atoms with E-state index in [2.05, 4.69) is 44.3 Å². The third-order valence-corrected chi connectivity index (χ3v) is 17.8. The number of carbonyl (C=O) groups excluding carboxylic acids is 2. The molecule has 5 atom stereocenters. The summed E-state index contributed by atoms with van der Waals surface area (Å²) < 4.78 is 1.24. The lowest BCUT2D eigenvalue weighted by atomic mass is 10.2. The maximum Gasteiger partial charge on any atom is 0.211 e. The molecule has 0 amide bonds. The van der Waals surface area contributed by atoms with Crippen molar-refractivity contribution in [1.82, 2.24) is 0 Å².